The number of likely N-dealkylation sites (N-methyl/N-ethyl adjacent to an activating group) is 1. The predicted molar refractivity (Wildman–Crippen MR) is 261 cm³/mol. The van der Waals surface area contributed by atoms with Crippen LogP contribution in [-0.2, 0) is 55.9 Å². The summed E-state index contributed by atoms with van der Waals surface area (Å²) >= 11 is 0. The van der Waals surface area contributed by atoms with Gasteiger partial charge in [0.2, 0.25) is 35.4 Å². The molecule has 0 radical (unpaired) electrons. The summed E-state index contributed by atoms with van der Waals surface area (Å²) in [7, 11) is 1.38. The Morgan fingerprint density at radius 1 is 0.831 bits per heavy atom. The third kappa shape index (κ3) is 16.2. The largest absolute Gasteiger partial charge is 0.508 e. The highest BCUT2D eigenvalue weighted by Gasteiger charge is 2.46. The van der Waals surface area contributed by atoms with E-state index in [1.54, 1.807) is 84.0 Å². The van der Waals surface area contributed by atoms with Crippen molar-refractivity contribution in [3.05, 3.63) is 65.7 Å². The molecule has 20 heteroatoms. The van der Waals surface area contributed by atoms with E-state index in [0.29, 0.717) is 17.5 Å². The number of fused-ring (bicyclic) bond motifs is 2. The summed E-state index contributed by atoms with van der Waals surface area (Å²) in [6.45, 7) is 11.9. The van der Waals surface area contributed by atoms with Gasteiger partial charge in [0, 0.05) is 44.7 Å². The van der Waals surface area contributed by atoms with Crippen LogP contribution < -0.4 is 32.3 Å². The number of aliphatic hydroxyl groups excluding tert-OH is 1. The maximum Gasteiger partial charge on any atom is 0.329 e. The number of primary amides is 1. The molecule has 0 spiro atoms. The fourth-order valence-electron chi connectivity index (χ4n) is 8.70. The summed E-state index contributed by atoms with van der Waals surface area (Å²) in [6, 6.07) is 5.51. The van der Waals surface area contributed by atoms with E-state index in [4.69, 9.17) is 10.5 Å². The number of rotatable bonds is 17. The number of carbonyl (C=O) groups is 9. The Bertz CT molecular complexity index is 2190. The molecule has 8 amide bonds. The zero-order chi connectivity index (χ0) is 52.7. The van der Waals surface area contributed by atoms with Crippen molar-refractivity contribution in [3.63, 3.8) is 0 Å². The molecule has 0 saturated carbocycles. The monoisotopic (exact) mass is 991 g/mol. The first kappa shape index (κ1) is 57.0. The Hall–Kier alpha value is -6.57. The molecule has 2 fully saturated rings. The zero-order valence-corrected chi connectivity index (χ0v) is 42.1. The van der Waals surface area contributed by atoms with Gasteiger partial charge in [0.25, 0.3) is 0 Å². The van der Waals surface area contributed by atoms with Gasteiger partial charge in [0.15, 0.2) is 0 Å². The molecule has 2 unspecified atom stereocenters. The molecule has 2 heterocycles. The van der Waals surface area contributed by atoms with Crippen molar-refractivity contribution in [1.82, 2.24) is 36.4 Å². The lowest BCUT2D eigenvalue weighted by atomic mass is 9.91. The average Bonchev–Trinajstić information content (AvgIpc) is 3.32. The molecule has 9 N–H and O–H groups in total. The highest BCUT2D eigenvalue weighted by Crippen LogP contribution is 2.26. The fourth-order valence-corrected chi connectivity index (χ4v) is 8.70. The van der Waals surface area contributed by atoms with Crippen LogP contribution in [0.4, 0.5) is 4.79 Å². The third-order valence-corrected chi connectivity index (χ3v) is 13.2. The van der Waals surface area contributed by atoms with Crippen LogP contribution >= 0.6 is 0 Å². The Morgan fingerprint density at radius 3 is 2.07 bits per heavy atom. The second-order valence-corrected chi connectivity index (χ2v) is 19.6. The lowest BCUT2D eigenvalue weighted by Crippen LogP contribution is -2.65. The van der Waals surface area contributed by atoms with Crippen molar-refractivity contribution in [2.45, 2.75) is 155 Å². The number of benzene rings is 2. The Labute approximate surface area is 415 Å². The maximum atomic E-state index is 15.1. The van der Waals surface area contributed by atoms with Gasteiger partial charge in [-0.2, -0.15) is 0 Å². The molecule has 0 aromatic heterocycles. The first-order chi connectivity index (χ1) is 33.5. The van der Waals surface area contributed by atoms with Crippen LogP contribution in [0.5, 0.6) is 5.75 Å². The number of Topliss-reactive ketones (excluding diaryl/α,β-unsaturated/α-hetero) is 1. The van der Waals surface area contributed by atoms with Crippen LogP contribution in [0.1, 0.15) is 105 Å². The summed E-state index contributed by atoms with van der Waals surface area (Å²) in [6.07, 6.45) is -2.80. The van der Waals surface area contributed by atoms with Gasteiger partial charge in [-0.15, -0.1) is 0 Å². The Kier molecular flexibility index (Phi) is 21.3. The van der Waals surface area contributed by atoms with E-state index in [0.717, 1.165) is 9.80 Å². The number of nitrogens with two attached hydrogens (primary N) is 1. The van der Waals surface area contributed by atoms with Gasteiger partial charge in [0.05, 0.1) is 0 Å². The number of hydrogen-bond acceptors (Lipinski definition) is 12. The average molecular weight is 991 g/mol. The summed E-state index contributed by atoms with van der Waals surface area (Å²) in [5, 5.41) is 35.0. The number of aliphatic hydroxyl groups is 1. The van der Waals surface area contributed by atoms with Crippen LogP contribution in [0.15, 0.2) is 54.6 Å². The van der Waals surface area contributed by atoms with Crippen LogP contribution in [0.25, 0.3) is 0 Å². The molecule has 2 aromatic rings. The van der Waals surface area contributed by atoms with Crippen LogP contribution in [0, 0.1) is 23.7 Å². The van der Waals surface area contributed by atoms with Crippen LogP contribution in [-0.4, -0.2) is 135 Å². The number of esters is 1. The predicted octanol–water partition coefficient (Wildman–Crippen LogP) is 1.97. The molecule has 2 saturated heterocycles. The number of amides is 8. The minimum atomic E-state index is -1.68. The third-order valence-electron chi connectivity index (χ3n) is 13.2. The number of hydrogen-bond donors (Lipinski definition) is 8. The molecule has 71 heavy (non-hydrogen) atoms. The second-order valence-electron chi connectivity index (χ2n) is 19.6. The quantitative estimate of drug-likeness (QED) is 0.0834. The lowest BCUT2D eigenvalue weighted by molar-refractivity contribution is -0.165. The van der Waals surface area contributed by atoms with E-state index in [1.165, 1.54) is 26.1 Å². The van der Waals surface area contributed by atoms with Gasteiger partial charge in [-0.3, -0.25) is 33.6 Å². The summed E-state index contributed by atoms with van der Waals surface area (Å²) in [4.78, 5) is 129. The number of urea groups is 1. The van der Waals surface area contributed by atoms with E-state index in [2.05, 4.69) is 26.6 Å². The fraction of sp³-hybridized carbons (Fsp3) is 0.588. The summed E-state index contributed by atoms with van der Waals surface area (Å²) in [5.74, 6) is -8.34. The summed E-state index contributed by atoms with van der Waals surface area (Å²) < 4.78 is 5.99. The van der Waals surface area contributed by atoms with Gasteiger partial charge in [-0.05, 0) is 74.1 Å². The molecule has 10 atom stereocenters. The number of aromatic hydroxyl groups is 1. The number of ketones is 1. The maximum absolute atomic E-state index is 15.1. The standard InChI is InChI=1S/C51H74N8O12/c1-9-30(6)42-50(69)71-31(7)43(57-44(63)34(27-40(61)29(4)5)16-13-23-53-51(52)70)47(66)55-37(24-28(2)3)45(64)54-36-21-22-41(62)59(48(36)67)39(26-32-14-11-10-12-15-32)49(68)58(8)38(46(65)56-42)25-33-17-19-35(60)20-18-33/h10-12,14-15,17-20,28-31,34,36-39,41-43,60,62H,9,13,16,21-27H2,1-8H3,(H,54,64)(H,55,66)(H,56,65)(H,57,63)(H3,52,53,70)/t30?,31-,34+,36?,37-,38-,39-,41-,42-,43-/m0/s1. The van der Waals surface area contributed by atoms with Crippen LogP contribution in [0.2, 0.25) is 0 Å². The molecule has 0 aliphatic carbocycles. The van der Waals surface area contributed by atoms with E-state index < -0.39 is 114 Å². The molecule has 390 valence electrons. The van der Waals surface area contributed by atoms with Gasteiger partial charge in [0.1, 0.15) is 60.1 Å². The van der Waals surface area contributed by atoms with Gasteiger partial charge < -0.3 is 57.1 Å². The summed E-state index contributed by atoms with van der Waals surface area (Å²) in [5.41, 5.74) is 6.37. The van der Waals surface area contributed by atoms with Crippen molar-refractivity contribution < 1.29 is 58.1 Å². The minimum absolute atomic E-state index is 0.0350. The number of piperidine rings is 1. The van der Waals surface area contributed by atoms with E-state index >= 15 is 4.79 Å². The molecule has 2 bridgehead atoms. The van der Waals surface area contributed by atoms with Gasteiger partial charge in [-0.1, -0.05) is 90.4 Å². The van der Waals surface area contributed by atoms with Crippen molar-refractivity contribution >= 4 is 53.2 Å². The van der Waals surface area contributed by atoms with E-state index in [1.807, 2.05) is 0 Å². The van der Waals surface area contributed by atoms with E-state index in [9.17, 15) is 48.6 Å². The van der Waals surface area contributed by atoms with E-state index in [-0.39, 0.29) is 75.4 Å². The van der Waals surface area contributed by atoms with Crippen molar-refractivity contribution in [2.75, 3.05) is 13.6 Å². The van der Waals surface area contributed by atoms with Crippen molar-refractivity contribution in [2.24, 2.45) is 29.4 Å². The second kappa shape index (κ2) is 26.6. The zero-order valence-electron chi connectivity index (χ0n) is 42.1. The molecule has 2 aliphatic heterocycles. The van der Waals surface area contributed by atoms with Crippen LogP contribution in [0.3, 0.4) is 0 Å². The SMILES string of the molecule is CCC(C)[C@@H]1NC(=O)[C@H](Cc2ccc(O)cc2)N(C)C(=O)[C@H](Cc2ccccc2)N2C(=O)C(CC[C@@H]2O)NC(=O)[C@H](CC(C)C)NC(=O)[C@@H](NC(=O)[C@H](CCCNC(N)=O)CC(=O)C(C)C)[C@H](C)OC1=O. The lowest BCUT2D eigenvalue weighted by Gasteiger charge is -2.43. The number of phenols is 1. The number of cyclic esters (lactones) is 1. The Balaban J connectivity index is 1.88. The number of nitrogens with one attached hydrogen (secondary N) is 5. The molecule has 2 aliphatic rings. The molecule has 4 rings (SSSR count). The first-order valence-electron chi connectivity index (χ1n) is 24.6. The number of carbonyl (C=O) groups excluding carboxylic acids is 9. The normalized spacial score (nSPS) is 24.9. The molecular formula is C51H74N8O12. The Morgan fingerprint density at radius 2 is 1.46 bits per heavy atom. The first-order valence-corrected chi connectivity index (χ1v) is 24.6. The smallest absolute Gasteiger partial charge is 0.329 e. The highest BCUT2D eigenvalue weighted by atomic mass is 16.5. The number of nitrogens with zero attached hydrogens (tertiary/aromatic N) is 2. The molecule has 2 aromatic carbocycles. The van der Waals surface area contributed by atoms with Gasteiger partial charge >= 0.3 is 12.0 Å². The van der Waals surface area contributed by atoms with Crippen molar-refractivity contribution in [3.8, 4) is 5.75 Å². The number of phenolic OH excluding ortho intramolecular Hbond substituents is 1. The topological polar surface area (TPSA) is 296 Å². The molecule has 20 nitrogen and oxygen atoms in total. The number of ether oxygens (including phenoxy) is 1. The van der Waals surface area contributed by atoms with Crippen molar-refractivity contribution in [1.29, 1.82) is 0 Å². The highest BCUT2D eigenvalue weighted by molar-refractivity contribution is 5.98. The molecular weight excluding hydrogens is 917 g/mol. The van der Waals surface area contributed by atoms with Gasteiger partial charge in [-0.25, -0.2) is 9.59 Å². The minimum Gasteiger partial charge on any atom is -0.508 e.